The van der Waals surface area contributed by atoms with Crippen LogP contribution in [0.2, 0.25) is 4.68 Å². The molecule has 4 saturated carbocycles. The first-order valence-corrected chi connectivity index (χ1v) is 38.0. The maximum atomic E-state index is 4.63. The summed E-state index contributed by atoms with van der Waals surface area (Å²) in [5.74, 6) is 4.04. The summed E-state index contributed by atoms with van der Waals surface area (Å²) in [7, 11) is 0. The molecule has 0 spiro atoms. The molecule has 0 aliphatic heterocycles. The maximum absolute atomic E-state index is 4.63. The van der Waals surface area contributed by atoms with Gasteiger partial charge in [0.1, 0.15) is 0 Å². The number of allylic oxidation sites excluding steroid dienone is 4. The summed E-state index contributed by atoms with van der Waals surface area (Å²) in [5.41, 5.74) is 8.06. The average molecular weight is 729 g/mol. The fourth-order valence-corrected chi connectivity index (χ4v) is 66.6. The van der Waals surface area contributed by atoms with Gasteiger partial charge >= 0.3 is 168 Å². The topological polar surface area (TPSA) is 12.0 Å². The van der Waals surface area contributed by atoms with Crippen molar-refractivity contribution in [2.45, 2.75) is 57.2 Å². The molecule has 5 aliphatic rings. The summed E-state index contributed by atoms with van der Waals surface area (Å²) in [6.07, 6.45) is 4.54. The van der Waals surface area contributed by atoms with E-state index in [1.54, 1.807) is 21.1 Å². The monoisotopic (exact) mass is 731 g/mol. The molecule has 1 N–H and O–H groups in total. The maximum Gasteiger partial charge on any atom is -0.0184 e. The van der Waals surface area contributed by atoms with Gasteiger partial charge in [-0.15, -0.1) is 0 Å². The van der Waals surface area contributed by atoms with Crippen LogP contribution in [0.5, 0.6) is 0 Å². The molecule has 38 heavy (non-hydrogen) atoms. The van der Waals surface area contributed by atoms with Gasteiger partial charge in [0, 0.05) is 0 Å². The molecule has 2 atom stereocenters. The van der Waals surface area contributed by atoms with E-state index in [0.717, 1.165) is 17.8 Å². The first-order valence-electron chi connectivity index (χ1n) is 14.6. The Bertz CT molecular complexity index is 1290. The van der Waals surface area contributed by atoms with Crippen LogP contribution in [0, 0.1) is 23.7 Å². The number of rotatable bonds is 6. The molecule has 3 aromatic carbocycles. The fourth-order valence-electron chi connectivity index (χ4n) is 8.50. The van der Waals surface area contributed by atoms with Crippen LogP contribution in [0.25, 0.3) is 11.1 Å². The molecule has 0 amide bonds. The van der Waals surface area contributed by atoms with Gasteiger partial charge in [-0.1, -0.05) is 60.7 Å². The standard InChI is InChI=1S/C12H10.C9H13.C7H10N.C6H7Ge.CH3.Hf/c1-3-7-11(8-4-1)12-9-5-2-6-10-12;1-6-5-7(2)9(4)8(6)3;8-7-1-4-5(2-7)6(4)3-7;7-6-4-2-1-3-5-6;;/h1-10H;6H,1-4H3;4-6,8H,1-3H2;1-5H,7H2;1H3;/q;;-1;;;+1. The molecule has 2 unspecified atom stereocenters. The van der Waals surface area contributed by atoms with Gasteiger partial charge in [-0.2, -0.15) is 0 Å². The Kier molecular flexibility index (Phi) is 7.37. The van der Waals surface area contributed by atoms with Crippen LogP contribution in [0.4, 0.5) is 0 Å². The second kappa shape index (κ2) is 10.5. The fraction of sp³-hybridized carbons (Fsp3) is 0.371. The quantitative estimate of drug-likeness (QED) is 0.259. The van der Waals surface area contributed by atoms with Gasteiger partial charge in [-0.25, -0.2) is 0 Å². The first-order chi connectivity index (χ1) is 18.3. The minimum absolute atomic E-state index is 0.563. The molecule has 4 fully saturated rings. The smallest absolute Gasteiger partial charge is 0.0184 e. The molecule has 0 saturated heterocycles. The van der Waals surface area contributed by atoms with E-state index in [1.807, 2.05) is 15.5 Å². The Balaban J connectivity index is 0.000000184. The van der Waals surface area contributed by atoms with E-state index in [1.165, 1.54) is 30.4 Å². The number of hydrogen-bond donors (Lipinski definition) is 1. The molecular weight excluding hydrogens is 685 g/mol. The summed E-state index contributed by atoms with van der Waals surface area (Å²) in [4.78, 5) is 0. The Hall–Kier alpha value is -1.49. The Morgan fingerprint density at radius 1 is 0.684 bits per heavy atom. The van der Waals surface area contributed by atoms with Crippen LogP contribution in [-0.2, 0) is 17.8 Å². The van der Waals surface area contributed by atoms with Crippen molar-refractivity contribution in [3.05, 3.63) is 111 Å². The molecule has 0 aromatic heterocycles. The van der Waals surface area contributed by atoms with Gasteiger partial charge in [0.2, 0.25) is 0 Å². The summed E-state index contributed by atoms with van der Waals surface area (Å²) in [5, 5.41) is 0. The van der Waals surface area contributed by atoms with Crippen molar-refractivity contribution < 1.29 is 17.8 Å². The van der Waals surface area contributed by atoms with E-state index < -0.39 is 29.5 Å². The second-order valence-corrected chi connectivity index (χ2v) is 58.6. The van der Waals surface area contributed by atoms with Gasteiger partial charge in [-0.3, -0.25) is 0 Å². The molecule has 8 rings (SSSR count). The van der Waals surface area contributed by atoms with Crippen LogP contribution in [-0.4, -0.2) is 17.3 Å². The van der Waals surface area contributed by atoms with Crippen LogP contribution in [0.15, 0.2) is 111 Å². The van der Waals surface area contributed by atoms with Gasteiger partial charge in [-0.05, 0) is 11.1 Å². The molecule has 196 valence electrons. The zero-order chi connectivity index (χ0) is 26.5. The number of hydrogen-bond acceptors (Lipinski definition) is 1. The minimum Gasteiger partial charge on any atom is -0.0622 e. The van der Waals surface area contributed by atoms with Crippen molar-refractivity contribution in [3.8, 4) is 11.1 Å². The van der Waals surface area contributed by atoms with Gasteiger partial charge in [0.05, 0.1) is 0 Å². The van der Waals surface area contributed by atoms with E-state index in [4.69, 9.17) is 0 Å². The summed E-state index contributed by atoms with van der Waals surface area (Å²) in [6.45, 7) is 9.72. The summed E-state index contributed by atoms with van der Waals surface area (Å²) in [6, 6.07) is 32.4. The number of nitrogens with one attached hydrogen (secondary N) is 1. The van der Waals surface area contributed by atoms with E-state index in [2.05, 4.69) is 115 Å². The van der Waals surface area contributed by atoms with Gasteiger partial charge < -0.3 is 0 Å². The van der Waals surface area contributed by atoms with Crippen molar-refractivity contribution in [2.24, 2.45) is 23.7 Å². The van der Waals surface area contributed by atoms with Crippen LogP contribution in [0.1, 0.15) is 47.0 Å². The molecule has 0 radical (unpaired) electrons. The zero-order valence-electron chi connectivity index (χ0n) is 23.8. The van der Waals surface area contributed by atoms with Gasteiger partial charge in [0.25, 0.3) is 0 Å². The third-order valence-corrected chi connectivity index (χ3v) is 55.2. The third-order valence-electron chi connectivity index (χ3n) is 10.4. The molecule has 0 heterocycles. The first kappa shape index (κ1) is 26.7. The predicted octanol–water partition coefficient (Wildman–Crippen LogP) is 7.51. The Labute approximate surface area is 238 Å². The third kappa shape index (κ3) is 4.95. The molecule has 3 heteroatoms. The van der Waals surface area contributed by atoms with Crippen LogP contribution in [0.3, 0.4) is 0 Å². The SMILES string of the molecule is CC1=C(C)C(C)[C]([Hf]([CH3])([NH]C23CC4C(C2)C4C3)[GeH2][c]2ccccc2)=C1C.c1ccc(-c2ccccc2)cc1. The molecular formula is C35H43GeHfN. The van der Waals surface area contributed by atoms with Crippen LogP contribution >= 0.6 is 0 Å². The Morgan fingerprint density at radius 2 is 1.13 bits per heavy atom. The average Bonchev–Trinajstić information content (AvgIpc) is 3.32. The van der Waals surface area contributed by atoms with Crippen molar-refractivity contribution >= 4 is 16.1 Å². The van der Waals surface area contributed by atoms with Crippen molar-refractivity contribution in [3.63, 3.8) is 0 Å². The predicted molar refractivity (Wildman–Crippen MR) is 163 cm³/mol. The molecule has 3 aromatic rings. The zero-order valence-corrected chi connectivity index (χ0v) is 30.4. The largest absolute Gasteiger partial charge is 0.0622 e. The summed E-state index contributed by atoms with van der Waals surface area (Å²) < 4.78 is 11.1. The summed E-state index contributed by atoms with van der Waals surface area (Å²) >= 11 is -3.52. The molecule has 5 aliphatic carbocycles. The minimum atomic E-state index is -2.71. The second-order valence-electron chi connectivity index (χ2n) is 12.8. The van der Waals surface area contributed by atoms with Gasteiger partial charge in [0.15, 0.2) is 0 Å². The van der Waals surface area contributed by atoms with Crippen LogP contribution < -0.4 is 7.70 Å². The van der Waals surface area contributed by atoms with E-state index >= 15 is 0 Å². The van der Waals surface area contributed by atoms with Crippen molar-refractivity contribution in [1.82, 2.24) is 3.30 Å². The molecule has 1 nitrogen and oxygen atoms in total. The van der Waals surface area contributed by atoms with Crippen molar-refractivity contribution in [1.29, 1.82) is 0 Å². The van der Waals surface area contributed by atoms with E-state index in [-0.39, 0.29) is 0 Å². The normalized spacial score (nSPS) is 30.6. The van der Waals surface area contributed by atoms with E-state index in [9.17, 15) is 0 Å². The molecule has 4 bridgehead atoms. The van der Waals surface area contributed by atoms with Crippen molar-refractivity contribution in [2.75, 3.05) is 0 Å². The Morgan fingerprint density at radius 3 is 1.55 bits per heavy atom. The van der Waals surface area contributed by atoms with E-state index in [0.29, 0.717) is 11.5 Å². The number of benzene rings is 3.